The number of rotatable bonds is 6. The molecule has 8 aromatic carbocycles. The Labute approximate surface area is 295 Å². The van der Waals surface area contributed by atoms with E-state index in [9.17, 15) is 0 Å². The maximum absolute atomic E-state index is 6.61. The minimum atomic E-state index is 0.832. The summed E-state index contributed by atoms with van der Waals surface area (Å²) in [5.41, 5.74) is 13.3. The van der Waals surface area contributed by atoms with E-state index < -0.39 is 0 Å². The molecule has 0 fully saturated rings. The Hall–Kier alpha value is -6.84. The zero-order chi connectivity index (χ0) is 33.7. The number of fused-ring (bicyclic) bond motifs is 6. The van der Waals surface area contributed by atoms with Crippen molar-refractivity contribution >= 4 is 60.9 Å². The van der Waals surface area contributed by atoms with Crippen LogP contribution in [0.1, 0.15) is 0 Å². The van der Waals surface area contributed by atoms with Crippen molar-refractivity contribution in [3.8, 4) is 33.4 Å². The van der Waals surface area contributed by atoms with Crippen LogP contribution >= 0.6 is 0 Å². The summed E-state index contributed by atoms with van der Waals surface area (Å²) in [5.74, 6) is 0. The topological polar surface area (TPSA) is 29.5 Å². The first-order chi connectivity index (χ1) is 25.3. The third kappa shape index (κ3) is 4.98. The van der Waals surface area contributed by atoms with Crippen LogP contribution in [0.25, 0.3) is 77.3 Å². The van der Waals surface area contributed by atoms with Crippen LogP contribution in [0.3, 0.4) is 0 Å². The highest BCUT2D eigenvalue weighted by Gasteiger charge is 2.23. The van der Waals surface area contributed by atoms with E-state index in [1.54, 1.807) is 0 Å². The van der Waals surface area contributed by atoms with E-state index in [2.05, 4.69) is 169 Å². The third-order valence-corrected chi connectivity index (χ3v) is 9.85. The van der Waals surface area contributed by atoms with Crippen LogP contribution in [-0.4, -0.2) is 0 Å². The summed E-state index contributed by atoms with van der Waals surface area (Å²) in [4.78, 5) is 2.27. The monoisotopic (exact) mass is 653 g/mol. The Morgan fingerprint density at radius 2 is 0.686 bits per heavy atom. The third-order valence-electron chi connectivity index (χ3n) is 9.85. The standard InChI is InChI=1S/C48H31NO2/c1-3-13-32(14-4-1)35-29-36(33-15-5-2-6-16-33)31-37(30-35)34-25-27-38(28-26-34)49(43-21-11-19-41-39-17-7-9-23-45(39)50-47(41)43)44-22-12-20-42-40-18-8-10-24-46(40)51-48(42)44/h1-31H. The Kier molecular flexibility index (Phi) is 6.81. The second-order valence-corrected chi connectivity index (χ2v) is 12.9. The molecule has 0 aliphatic heterocycles. The molecule has 240 valence electrons. The summed E-state index contributed by atoms with van der Waals surface area (Å²) in [6, 6.07) is 66.2. The Balaban J connectivity index is 1.16. The summed E-state index contributed by atoms with van der Waals surface area (Å²) in [5, 5.41) is 4.35. The molecule has 0 N–H and O–H groups in total. The fourth-order valence-electron chi connectivity index (χ4n) is 7.42. The Morgan fingerprint density at radius 1 is 0.294 bits per heavy atom. The highest BCUT2D eigenvalue weighted by Crippen LogP contribution is 2.46. The van der Waals surface area contributed by atoms with Crippen LogP contribution < -0.4 is 4.90 Å². The van der Waals surface area contributed by atoms with Gasteiger partial charge in [-0.05, 0) is 88.0 Å². The summed E-state index contributed by atoms with van der Waals surface area (Å²) < 4.78 is 13.2. The minimum absolute atomic E-state index is 0.832. The van der Waals surface area contributed by atoms with Crippen LogP contribution in [-0.2, 0) is 0 Å². The van der Waals surface area contributed by atoms with E-state index in [0.717, 1.165) is 72.1 Å². The summed E-state index contributed by atoms with van der Waals surface area (Å²) in [6.45, 7) is 0. The van der Waals surface area contributed by atoms with E-state index in [1.165, 1.54) is 22.3 Å². The van der Waals surface area contributed by atoms with Crippen molar-refractivity contribution < 1.29 is 8.83 Å². The van der Waals surface area contributed by atoms with Crippen LogP contribution in [0.2, 0.25) is 0 Å². The lowest BCUT2D eigenvalue weighted by Gasteiger charge is -2.26. The maximum atomic E-state index is 6.61. The molecule has 3 heteroatoms. The van der Waals surface area contributed by atoms with Gasteiger partial charge in [0.25, 0.3) is 0 Å². The highest BCUT2D eigenvalue weighted by molar-refractivity contribution is 6.13. The molecule has 0 aliphatic rings. The zero-order valence-corrected chi connectivity index (χ0v) is 27.7. The van der Waals surface area contributed by atoms with E-state index in [0.29, 0.717) is 0 Å². The van der Waals surface area contributed by atoms with Gasteiger partial charge in [-0.2, -0.15) is 0 Å². The average Bonchev–Trinajstić information content (AvgIpc) is 3.78. The number of furan rings is 2. The molecule has 51 heavy (non-hydrogen) atoms. The predicted octanol–water partition coefficient (Wildman–Crippen LogP) is 14.0. The largest absolute Gasteiger partial charge is 0.454 e. The van der Waals surface area contributed by atoms with Crippen LogP contribution in [0.4, 0.5) is 17.1 Å². The van der Waals surface area contributed by atoms with Gasteiger partial charge in [0.2, 0.25) is 0 Å². The molecule has 10 aromatic rings. The average molecular weight is 654 g/mol. The molecule has 0 radical (unpaired) electrons. The van der Waals surface area contributed by atoms with Gasteiger partial charge in [0.15, 0.2) is 11.2 Å². The van der Waals surface area contributed by atoms with Crippen LogP contribution in [0, 0.1) is 0 Å². The number of para-hydroxylation sites is 4. The van der Waals surface area contributed by atoms with Gasteiger partial charge in [-0.25, -0.2) is 0 Å². The fourth-order valence-corrected chi connectivity index (χ4v) is 7.42. The van der Waals surface area contributed by atoms with Gasteiger partial charge in [0.1, 0.15) is 11.2 Å². The van der Waals surface area contributed by atoms with Gasteiger partial charge in [0, 0.05) is 27.2 Å². The van der Waals surface area contributed by atoms with Crippen molar-refractivity contribution in [2.24, 2.45) is 0 Å². The molecule has 0 bridgehead atoms. The molecule has 2 heterocycles. The van der Waals surface area contributed by atoms with E-state index in [1.807, 2.05) is 24.3 Å². The summed E-state index contributed by atoms with van der Waals surface area (Å²) >= 11 is 0. The lowest BCUT2D eigenvalue weighted by molar-refractivity contribution is 0.666. The molecule has 0 atom stereocenters. The first kappa shape index (κ1) is 29.1. The van der Waals surface area contributed by atoms with E-state index in [-0.39, 0.29) is 0 Å². The molecular weight excluding hydrogens is 623 g/mol. The van der Waals surface area contributed by atoms with Crippen molar-refractivity contribution in [3.63, 3.8) is 0 Å². The first-order valence-electron chi connectivity index (χ1n) is 17.3. The minimum Gasteiger partial charge on any atom is -0.454 e. The molecule has 10 rings (SSSR count). The zero-order valence-electron chi connectivity index (χ0n) is 27.7. The SMILES string of the molecule is c1ccc(-c2cc(-c3ccccc3)cc(-c3ccc(N(c4cccc5c4oc4ccccc45)c4cccc5c4oc4ccccc45)cc3)c2)cc1. The molecule has 0 unspecified atom stereocenters. The van der Waals surface area contributed by atoms with Crippen LogP contribution in [0.15, 0.2) is 197 Å². The van der Waals surface area contributed by atoms with Crippen molar-refractivity contribution in [1.29, 1.82) is 0 Å². The Morgan fingerprint density at radius 3 is 1.16 bits per heavy atom. The molecule has 3 nitrogen and oxygen atoms in total. The molecule has 0 saturated carbocycles. The van der Waals surface area contributed by atoms with Gasteiger partial charge in [-0.1, -0.05) is 133 Å². The molecular formula is C48H31NO2. The van der Waals surface area contributed by atoms with Gasteiger partial charge < -0.3 is 13.7 Å². The number of benzene rings is 8. The second-order valence-electron chi connectivity index (χ2n) is 12.9. The highest BCUT2D eigenvalue weighted by atomic mass is 16.3. The van der Waals surface area contributed by atoms with Gasteiger partial charge in [-0.3, -0.25) is 0 Å². The smallest absolute Gasteiger partial charge is 0.159 e. The summed E-state index contributed by atoms with van der Waals surface area (Å²) in [6.07, 6.45) is 0. The molecule has 2 aromatic heterocycles. The van der Waals surface area contributed by atoms with Gasteiger partial charge >= 0.3 is 0 Å². The quantitative estimate of drug-likeness (QED) is 0.179. The van der Waals surface area contributed by atoms with Crippen molar-refractivity contribution in [3.05, 3.63) is 188 Å². The normalized spacial score (nSPS) is 11.5. The fraction of sp³-hybridized carbons (Fsp3) is 0. The van der Waals surface area contributed by atoms with Crippen molar-refractivity contribution in [1.82, 2.24) is 0 Å². The van der Waals surface area contributed by atoms with Crippen molar-refractivity contribution in [2.75, 3.05) is 4.90 Å². The van der Waals surface area contributed by atoms with Gasteiger partial charge in [-0.15, -0.1) is 0 Å². The molecule has 0 saturated heterocycles. The van der Waals surface area contributed by atoms with Crippen molar-refractivity contribution in [2.45, 2.75) is 0 Å². The summed E-state index contributed by atoms with van der Waals surface area (Å²) in [7, 11) is 0. The molecule has 0 amide bonds. The molecule has 0 spiro atoms. The van der Waals surface area contributed by atoms with Gasteiger partial charge in [0.05, 0.1) is 11.4 Å². The number of hydrogen-bond donors (Lipinski definition) is 0. The van der Waals surface area contributed by atoms with E-state index >= 15 is 0 Å². The predicted molar refractivity (Wildman–Crippen MR) is 212 cm³/mol. The van der Waals surface area contributed by atoms with Crippen LogP contribution in [0.5, 0.6) is 0 Å². The van der Waals surface area contributed by atoms with E-state index in [4.69, 9.17) is 8.83 Å². The number of hydrogen-bond acceptors (Lipinski definition) is 3. The molecule has 0 aliphatic carbocycles. The lowest BCUT2D eigenvalue weighted by Crippen LogP contribution is -2.10. The number of anilines is 3. The second kappa shape index (κ2) is 11.9. The number of nitrogens with zero attached hydrogens (tertiary/aromatic N) is 1. The lowest BCUT2D eigenvalue weighted by atomic mass is 9.93. The Bertz CT molecular complexity index is 2680. The maximum Gasteiger partial charge on any atom is 0.159 e. The first-order valence-corrected chi connectivity index (χ1v) is 17.3.